The van der Waals surface area contributed by atoms with E-state index in [2.05, 4.69) is 20.7 Å². The average molecular weight is 359 g/mol. The van der Waals surface area contributed by atoms with Crippen molar-refractivity contribution in [2.45, 2.75) is 6.42 Å². The fourth-order valence-corrected chi connectivity index (χ4v) is 2.14. The van der Waals surface area contributed by atoms with Crippen molar-refractivity contribution in [2.24, 2.45) is 0 Å². The highest BCUT2D eigenvalue weighted by atomic mass is 79.9. The summed E-state index contributed by atoms with van der Waals surface area (Å²) >= 11 is 3.34. The molecule has 0 aliphatic heterocycles. The van der Waals surface area contributed by atoms with Gasteiger partial charge in [0.25, 0.3) is 5.91 Å². The van der Waals surface area contributed by atoms with Gasteiger partial charge in [-0.25, -0.2) is 0 Å². The molecule has 1 aromatic carbocycles. The van der Waals surface area contributed by atoms with E-state index in [4.69, 9.17) is 10.5 Å². The summed E-state index contributed by atoms with van der Waals surface area (Å²) in [7, 11) is 2.87. The Bertz CT molecular complexity index is 508. The molecule has 116 valence electrons. The first-order chi connectivity index (χ1) is 9.99. The zero-order valence-electron chi connectivity index (χ0n) is 12.1. The van der Waals surface area contributed by atoms with Crippen molar-refractivity contribution in [2.75, 3.05) is 39.6 Å². The number of nitrogens with zero attached hydrogens (tertiary/aromatic N) is 1. The van der Waals surface area contributed by atoms with Gasteiger partial charge < -0.3 is 20.1 Å². The van der Waals surface area contributed by atoms with Crippen LogP contribution in [-0.4, -0.2) is 50.7 Å². The third-order valence-electron chi connectivity index (χ3n) is 2.89. The number of hydrogen-bond donors (Lipinski definition) is 1. The van der Waals surface area contributed by atoms with Gasteiger partial charge in [0.05, 0.1) is 25.7 Å². The summed E-state index contributed by atoms with van der Waals surface area (Å²) in [6, 6.07) is 5.02. The van der Waals surface area contributed by atoms with Gasteiger partial charge in [0.2, 0.25) is 0 Å². The fourth-order valence-electron chi connectivity index (χ4n) is 1.72. The van der Waals surface area contributed by atoms with Crippen LogP contribution in [-0.2, 0) is 14.3 Å². The van der Waals surface area contributed by atoms with E-state index in [1.54, 1.807) is 30.2 Å². The molecular formula is C14H19BrN2O4. The molecular weight excluding hydrogens is 340 g/mol. The van der Waals surface area contributed by atoms with Crippen LogP contribution in [0.15, 0.2) is 22.7 Å². The molecule has 0 aliphatic rings. The normalized spacial score (nSPS) is 10.2. The third kappa shape index (κ3) is 5.35. The molecule has 0 saturated carbocycles. The highest BCUT2D eigenvalue weighted by Gasteiger charge is 2.19. The van der Waals surface area contributed by atoms with E-state index in [-0.39, 0.29) is 24.8 Å². The van der Waals surface area contributed by atoms with Crippen molar-refractivity contribution in [3.63, 3.8) is 0 Å². The summed E-state index contributed by atoms with van der Waals surface area (Å²) < 4.78 is 10.2. The molecule has 2 N–H and O–H groups in total. The van der Waals surface area contributed by atoms with Gasteiger partial charge in [-0.15, -0.1) is 0 Å². The minimum Gasteiger partial charge on any atom is -0.469 e. The number of carbonyl (C=O) groups is 2. The SMILES string of the molecule is COCCN(CCC(=O)OC)C(=O)c1cc(N)ccc1Br. The van der Waals surface area contributed by atoms with Gasteiger partial charge in [0, 0.05) is 30.4 Å². The van der Waals surface area contributed by atoms with E-state index in [9.17, 15) is 9.59 Å². The zero-order chi connectivity index (χ0) is 15.8. The van der Waals surface area contributed by atoms with Gasteiger partial charge in [-0.2, -0.15) is 0 Å². The van der Waals surface area contributed by atoms with E-state index < -0.39 is 0 Å². The van der Waals surface area contributed by atoms with Gasteiger partial charge in [0.1, 0.15) is 0 Å². The third-order valence-corrected chi connectivity index (χ3v) is 3.58. The molecule has 0 heterocycles. The molecule has 21 heavy (non-hydrogen) atoms. The number of nitrogens with two attached hydrogens (primary N) is 1. The van der Waals surface area contributed by atoms with Crippen molar-refractivity contribution in [1.82, 2.24) is 4.90 Å². The Kier molecular flexibility index (Phi) is 7.18. The predicted octanol–water partition coefficient (Wildman–Crippen LogP) is 1.68. The Morgan fingerprint density at radius 2 is 2.00 bits per heavy atom. The highest BCUT2D eigenvalue weighted by molar-refractivity contribution is 9.10. The second-order valence-corrected chi connectivity index (χ2v) is 5.20. The fraction of sp³-hybridized carbons (Fsp3) is 0.429. The van der Waals surface area contributed by atoms with Gasteiger partial charge in [0.15, 0.2) is 0 Å². The van der Waals surface area contributed by atoms with Crippen LogP contribution in [0.4, 0.5) is 5.69 Å². The number of nitrogen functional groups attached to an aromatic ring is 1. The number of methoxy groups -OCH3 is 2. The molecule has 1 aromatic rings. The standard InChI is InChI=1S/C14H19BrN2O4/c1-20-8-7-17(6-5-13(18)21-2)14(19)11-9-10(16)3-4-12(11)15/h3-4,9H,5-8,16H2,1-2H3. The Morgan fingerprint density at radius 3 is 2.62 bits per heavy atom. The number of ether oxygens (including phenoxy) is 2. The number of carbonyl (C=O) groups excluding carboxylic acids is 2. The van der Waals surface area contributed by atoms with Gasteiger partial charge >= 0.3 is 5.97 Å². The Hall–Kier alpha value is -1.60. The number of benzene rings is 1. The molecule has 0 atom stereocenters. The minimum atomic E-state index is -0.364. The largest absolute Gasteiger partial charge is 0.469 e. The number of hydrogen-bond acceptors (Lipinski definition) is 5. The van der Waals surface area contributed by atoms with Gasteiger partial charge in [-0.1, -0.05) is 0 Å². The van der Waals surface area contributed by atoms with Gasteiger partial charge in [-0.3, -0.25) is 9.59 Å². The first kappa shape index (κ1) is 17.5. The Morgan fingerprint density at radius 1 is 1.29 bits per heavy atom. The Balaban J connectivity index is 2.87. The lowest BCUT2D eigenvalue weighted by molar-refractivity contribution is -0.140. The van der Waals surface area contributed by atoms with E-state index in [1.807, 2.05) is 0 Å². The van der Waals surface area contributed by atoms with Crippen LogP contribution in [0.2, 0.25) is 0 Å². The van der Waals surface area contributed by atoms with Crippen LogP contribution < -0.4 is 5.73 Å². The second-order valence-electron chi connectivity index (χ2n) is 4.35. The number of esters is 1. The molecule has 0 fully saturated rings. The summed E-state index contributed by atoms with van der Waals surface area (Å²) in [5.41, 5.74) is 6.67. The molecule has 0 spiro atoms. The number of amides is 1. The van der Waals surface area contributed by atoms with Crippen LogP contribution in [0.3, 0.4) is 0 Å². The number of anilines is 1. The van der Waals surface area contributed by atoms with Crippen molar-refractivity contribution in [1.29, 1.82) is 0 Å². The first-order valence-electron chi connectivity index (χ1n) is 6.39. The van der Waals surface area contributed by atoms with Crippen LogP contribution in [0.5, 0.6) is 0 Å². The molecule has 1 amide bonds. The smallest absolute Gasteiger partial charge is 0.307 e. The zero-order valence-corrected chi connectivity index (χ0v) is 13.7. The van der Waals surface area contributed by atoms with Crippen LogP contribution in [0, 0.1) is 0 Å². The monoisotopic (exact) mass is 358 g/mol. The first-order valence-corrected chi connectivity index (χ1v) is 7.19. The molecule has 6 nitrogen and oxygen atoms in total. The van der Waals surface area contributed by atoms with Crippen molar-refractivity contribution >= 4 is 33.5 Å². The maximum absolute atomic E-state index is 12.6. The quantitative estimate of drug-likeness (QED) is 0.592. The highest BCUT2D eigenvalue weighted by Crippen LogP contribution is 2.21. The molecule has 0 aliphatic carbocycles. The summed E-state index contributed by atoms with van der Waals surface area (Å²) in [4.78, 5) is 25.3. The Labute approximate surface area is 132 Å². The van der Waals surface area contributed by atoms with Crippen LogP contribution in [0.1, 0.15) is 16.8 Å². The maximum atomic E-state index is 12.6. The molecule has 1 rings (SSSR count). The second kappa shape index (κ2) is 8.63. The molecule has 0 radical (unpaired) electrons. The van der Waals surface area contributed by atoms with Crippen LogP contribution >= 0.6 is 15.9 Å². The topological polar surface area (TPSA) is 81.9 Å². The molecule has 0 bridgehead atoms. The molecule has 0 saturated heterocycles. The maximum Gasteiger partial charge on any atom is 0.307 e. The predicted molar refractivity (Wildman–Crippen MR) is 83.0 cm³/mol. The van der Waals surface area contributed by atoms with Crippen molar-refractivity contribution < 1.29 is 19.1 Å². The lowest BCUT2D eigenvalue weighted by Crippen LogP contribution is -2.36. The lowest BCUT2D eigenvalue weighted by Gasteiger charge is -2.22. The lowest BCUT2D eigenvalue weighted by atomic mass is 10.1. The van der Waals surface area contributed by atoms with E-state index in [0.29, 0.717) is 28.9 Å². The van der Waals surface area contributed by atoms with Crippen molar-refractivity contribution in [3.8, 4) is 0 Å². The number of rotatable bonds is 7. The van der Waals surface area contributed by atoms with E-state index >= 15 is 0 Å². The molecule has 7 heteroatoms. The number of halogens is 1. The van der Waals surface area contributed by atoms with Crippen LogP contribution in [0.25, 0.3) is 0 Å². The average Bonchev–Trinajstić information content (AvgIpc) is 2.48. The summed E-state index contributed by atoms with van der Waals surface area (Å²) in [6.07, 6.45) is 0.131. The summed E-state index contributed by atoms with van der Waals surface area (Å²) in [6.45, 7) is 1.02. The summed E-state index contributed by atoms with van der Waals surface area (Å²) in [5, 5.41) is 0. The van der Waals surface area contributed by atoms with Crippen molar-refractivity contribution in [3.05, 3.63) is 28.2 Å². The van der Waals surface area contributed by atoms with E-state index in [0.717, 1.165) is 0 Å². The molecule has 0 unspecified atom stereocenters. The molecule has 0 aromatic heterocycles. The summed E-state index contributed by atoms with van der Waals surface area (Å²) in [5.74, 6) is -0.577. The minimum absolute atomic E-state index is 0.131. The van der Waals surface area contributed by atoms with Gasteiger partial charge in [-0.05, 0) is 34.1 Å². The van der Waals surface area contributed by atoms with E-state index in [1.165, 1.54) is 7.11 Å².